The monoisotopic (exact) mass is 458 g/mol. The summed E-state index contributed by atoms with van der Waals surface area (Å²) in [5, 5.41) is 2.70. The van der Waals surface area contributed by atoms with Gasteiger partial charge in [-0.3, -0.25) is 14.4 Å². The number of carbonyl (C=O) groups is 3. The number of esters is 1. The van der Waals surface area contributed by atoms with Crippen molar-refractivity contribution in [2.75, 3.05) is 25.1 Å². The Bertz CT molecular complexity index is 1160. The van der Waals surface area contributed by atoms with Gasteiger partial charge in [-0.2, -0.15) is 0 Å². The Morgan fingerprint density at radius 1 is 0.941 bits per heavy atom. The normalized spacial score (nSPS) is 14.6. The van der Waals surface area contributed by atoms with Gasteiger partial charge in [0.25, 0.3) is 11.8 Å². The van der Waals surface area contributed by atoms with E-state index < -0.39 is 24.4 Å². The van der Waals surface area contributed by atoms with Crippen molar-refractivity contribution in [3.8, 4) is 5.75 Å². The number of amides is 2. The molecule has 1 unspecified atom stereocenters. The molecule has 2 amide bonds. The molecule has 4 rings (SSSR count). The molecule has 1 aliphatic rings. The number of rotatable bonds is 7. The lowest BCUT2D eigenvalue weighted by Gasteiger charge is -2.33. The van der Waals surface area contributed by atoms with Gasteiger partial charge in [-0.05, 0) is 54.4 Å². The molecule has 0 saturated heterocycles. The fourth-order valence-electron chi connectivity index (χ4n) is 3.96. The van der Waals surface area contributed by atoms with Gasteiger partial charge in [0.1, 0.15) is 5.75 Å². The van der Waals surface area contributed by atoms with Gasteiger partial charge in [0.2, 0.25) is 0 Å². The van der Waals surface area contributed by atoms with Crippen LogP contribution in [0, 0.1) is 0 Å². The van der Waals surface area contributed by atoms with Crippen LogP contribution in [-0.4, -0.2) is 42.4 Å². The Hall–Kier alpha value is -4.13. The van der Waals surface area contributed by atoms with Crippen molar-refractivity contribution < 1.29 is 23.9 Å². The van der Waals surface area contributed by atoms with Crippen LogP contribution in [0.2, 0.25) is 0 Å². The summed E-state index contributed by atoms with van der Waals surface area (Å²) in [4.78, 5) is 40.0. The summed E-state index contributed by atoms with van der Waals surface area (Å²) in [5.41, 5.74) is 2.84. The molecule has 3 aromatic rings. The molecule has 174 valence electrons. The zero-order chi connectivity index (χ0) is 23.9. The SMILES string of the molecule is CCOc1ccc(NC(=O)COC(=O)C2CN(C(=O)c3ccccc3)Cc3ccccc32)cc1. The number of benzene rings is 3. The van der Waals surface area contributed by atoms with Crippen molar-refractivity contribution in [2.45, 2.75) is 19.4 Å². The first-order valence-corrected chi connectivity index (χ1v) is 11.2. The molecule has 7 heteroatoms. The third kappa shape index (κ3) is 5.43. The summed E-state index contributed by atoms with van der Waals surface area (Å²) in [7, 11) is 0. The van der Waals surface area contributed by atoms with Gasteiger partial charge >= 0.3 is 5.97 Å². The van der Waals surface area contributed by atoms with Crippen LogP contribution in [0.1, 0.15) is 34.3 Å². The van der Waals surface area contributed by atoms with Gasteiger partial charge < -0.3 is 19.7 Å². The molecule has 1 atom stereocenters. The molecule has 0 aromatic heterocycles. The minimum absolute atomic E-state index is 0.152. The quantitative estimate of drug-likeness (QED) is 0.541. The molecule has 0 fully saturated rings. The highest BCUT2D eigenvalue weighted by Gasteiger charge is 2.34. The second-order valence-corrected chi connectivity index (χ2v) is 7.92. The largest absolute Gasteiger partial charge is 0.494 e. The van der Waals surface area contributed by atoms with E-state index in [1.54, 1.807) is 53.4 Å². The number of fused-ring (bicyclic) bond motifs is 1. The van der Waals surface area contributed by atoms with Crippen molar-refractivity contribution in [1.82, 2.24) is 4.90 Å². The van der Waals surface area contributed by atoms with E-state index in [0.717, 1.165) is 11.1 Å². The first kappa shape index (κ1) is 23.0. The third-order valence-corrected chi connectivity index (χ3v) is 5.58. The van der Waals surface area contributed by atoms with E-state index in [2.05, 4.69) is 5.32 Å². The van der Waals surface area contributed by atoms with Crippen LogP contribution in [-0.2, 0) is 20.9 Å². The topological polar surface area (TPSA) is 84.9 Å². The predicted octanol–water partition coefficient (Wildman–Crippen LogP) is 4.01. The highest BCUT2D eigenvalue weighted by molar-refractivity contribution is 5.96. The second kappa shape index (κ2) is 10.7. The Morgan fingerprint density at radius 2 is 1.65 bits per heavy atom. The van der Waals surface area contributed by atoms with Gasteiger partial charge in [-0.25, -0.2) is 0 Å². The molecular weight excluding hydrogens is 432 g/mol. The van der Waals surface area contributed by atoms with Gasteiger partial charge in [0.05, 0.1) is 12.5 Å². The molecule has 0 bridgehead atoms. The Kier molecular flexibility index (Phi) is 7.22. The molecule has 34 heavy (non-hydrogen) atoms. The molecule has 0 saturated carbocycles. The Balaban J connectivity index is 1.41. The molecule has 1 heterocycles. The van der Waals surface area contributed by atoms with Gasteiger partial charge in [-0.15, -0.1) is 0 Å². The predicted molar refractivity (Wildman–Crippen MR) is 128 cm³/mol. The fourth-order valence-corrected chi connectivity index (χ4v) is 3.96. The highest BCUT2D eigenvalue weighted by Crippen LogP contribution is 2.30. The van der Waals surface area contributed by atoms with Crippen molar-refractivity contribution >= 4 is 23.5 Å². The van der Waals surface area contributed by atoms with E-state index in [1.807, 2.05) is 37.3 Å². The Labute approximate surface area is 198 Å². The zero-order valence-corrected chi connectivity index (χ0v) is 18.9. The second-order valence-electron chi connectivity index (χ2n) is 7.92. The summed E-state index contributed by atoms with van der Waals surface area (Å²) < 4.78 is 10.7. The van der Waals surface area contributed by atoms with Gasteiger partial charge in [0.15, 0.2) is 6.61 Å². The molecule has 0 spiro atoms. The summed E-state index contributed by atoms with van der Waals surface area (Å²) in [6.07, 6.45) is 0. The summed E-state index contributed by atoms with van der Waals surface area (Å²) in [6, 6.07) is 23.4. The fraction of sp³-hybridized carbons (Fsp3) is 0.222. The lowest BCUT2D eigenvalue weighted by molar-refractivity contribution is -0.149. The molecule has 1 N–H and O–H groups in total. The average molecular weight is 459 g/mol. The maximum atomic E-state index is 13.0. The van der Waals surface area contributed by atoms with Crippen LogP contribution in [0.15, 0.2) is 78.9 Å². The van der Waals surface area contributed by atoms with Crippen LogP contribution >= 0.6 is 0 Å². The van der Waals surface area contributed by atoms with Crippen molar-refractivity contribution in [3.63, 3.8) is 0 Å². The van der Waals surface area contributed by atoms with Crippen molar-refractivity contribution in [2.24, 2.45) is 0 Å². The number of nitrogens with one attached hydrogen (secondary N) is 1. The maximum Gasteiger partial charge on any atom is 0.315 e. The van der Waals surface area contributed by atoms with Crippen LogP contribution in [0.4, 0.5) is 5.69 Å². The first-order valence-electron chi connectivity index (χ1n) is 11.2. The molecule has 1 aliphatic heterocycles. The highest BCUT2D eigenvalue weighted by atomic mass is 16.5. The standard InChI is InChI=1S/C27H26N2O5/c1-2-33-22-14-12-21(13-15-22)28-25(30)18-34-27(32)24-17-29(16-20-10-6-7-11-23(20)24)26(31)19-8-4-3-5-9-19/h3-15,24H,2,16-18H2,1H3,(H,28,30). The van der Waals surface area contributed by atoms with Crippen LogP contribution in [0.3, 0.4) is 0 Å². The lowest BCUT2D eigenvalue weighted by atomic mass is 9.89. The number of hydrogen-bond donors (Lipinski definition) is 1. The van der Waals surface area contributed by atoms with Crippen LogP contribution in [0.25, 0.3) is 0 Å². The third-order valence-electron chi connectivity index (χ3n) is 5.58. The van der Waals surface area contributed by atoms with E-state index in [-0.39, 0.29) is 12.5 Å². The molecule has 0 radical (unpaired) electrons. The summed E-state index contributed by atoms with van der Waals surface area (Å²) >= 11 is 0. The van der Waals surface area contributed by atoms with Crippen LogP contribution < -0.4 is 10.1 Å². The lowest BCUT2D eigenvalue weighted by Crippen LogP contribution is -2.41. The molecule has 0 aliphatic carbocycles. The van der Waals surface area contributed by atoms with Gasteiger partial charge in [-0.1, -0.05) is 42.5 Å². The van der Waals surface area contributed by atoms with E-state index >= 15 is 0 Å². The molecule has 3 aromatic carbocycles. The van der Waals surface area contributed by atoms with E-state index in [0.29, 0.717) is 30.2 Å². The summed E-state index contributed by atoms with van der Waals surface area (Å²) in [6.45, 7) is 2.62. The average Bonchev–Trinajstić information content (AvgIpc) is 2.88. The summed E-state index contributed by atoms with van der Waals surface area (Å²) in [5.74, 6) is -1.10. The van der Waals surface area contributed by atoms with Crippen LogP contribution in [0.5, 0.6) is 5.75 Å². The zero-order valence-electron chi connectivity index (χ0n) is 18.9. The smallest absolute Gasteiger partial charge is 0.315 e. The van der Waals surface area contributed by atoms with Crippen molar-refractivity contribution in [1.29, 1.82) is 0 Å². The minimum atomic E-state index is -0.670. The number of hydrogen-bond acceptors (Lipinski definition) is 5. The number of nitrogens with zero attached hydrogens (tertiary/aromatic N) is 1. The number of ether oxygens (including phenoxy) is 2. The minimum Gasteiger partial charge on any atom is -0.494 e. The number of carbonyl (C=O) groups excluding carboxylic acids is 3. The molecular formula is C27H26N2O5. The van der Waals surface area contributed by atoms with E-state index in [1.165, 1.54) is 0 Å². The van der Waals surface area contributed by atoms with Crippen molar-refractivity contribution in [3.05, 3.63) is 95.6 Å². The molecule has 7 nitrogen and oxygen atoms in total. The Morgan fingerprint density at radius 3 is 2.38 bits per heavy atom. The van der Waals surface area contributed by atoms with E-state index in [4.69, 9.17) is 9.47 Å². The number of anilines is 1. The maximum absolute atomic E-state index is 13.0. The first-order chi connectivity index (χ1) is 16.5. The van der Waals surface area contributed by atoms with E-state index in [9.17, 15) is 14.4 Å². The van der Waals surface area contributed by atoms with Gasteiger partial charge in [0, 0.05) is 24.3 Å².